The highest BCUT2D eigenvalue weighted by Crippen LogP contribution is 2.24. The van der Waals surface area contributed by atoms with E-state index in [1.165, 1.54) is 5.56 Å². The highest BCUT2D eigenvalue weighted by molar-refractivity contribution is 5.34. The average Bonchev–Trinajstić information content (AvgIpc) is 2.82. The van der Waals surface area contributed by atoms with Crippen LogP contribution in [0.25, 0.3) is 0 Å². The zero-order valence-electron chi connectivity index (χ0n) is 12.6. The minimum Gasteiger partial charge on any atom is -0.491 e. The molecule has 20 heavy (non-hydrogen) atoms. The van der Waals surface area contributed by atoms with Crippen molar-refractivity contribution in [2.45, 2.75) is 32.9 Å². The van der Waals surface area contributed by atoms with Crippen molar-refractivity contribution >= 4 is 0 Å². The molecule has 1 atom stereocenters. The first-order valence-electron chi connectivity index (χ1n) is 7.09. The van der Waals surface area contributed by atoms with Gasteiger partial charge in [0.1, 0.15) is 5.75 Å². The van der Waals surface area contributed by atoms with Gasteiger partial charge < -0.3 is 10.1 Å². The maximum atomic E-state index is 5.77. The Hall–Kier alpha value is -1.81. The van der Waals surface area contributed by atoms with Crippen molar-refractivity contribution in [1.29, 1.82) is 0 Å². The Morgan fingerprint density at radius 2 is 2.10 bits per heavy atom. The second kappa shape index (κ2) is 6.57. The van der Waals surface area contributed by atoms with Crippen LogP contribution >= 0.6 is 0 Å². The fraction of sp³-hybridized carbons (Fsp3) is 0.438. The molecule has 1 unspecified atom stereocenters. The van der Waals surface area contributed by atoms with Gasteiger partial charge in [0.15, 0.2) is 0 Å². The molecule has 1 heterocycles. The molecule has 4 nitrogen and oxygen atoms in total. The number of ether oxygens (including phenoxy) is 1. The molecule has 2 aromatic rings. The molecule has 2 rings (SSSR count). The summed E-state index contributed by atoms with van der Waals surface area (Å²) in [4.78, 5) is 0. The van der Waals surface area contributed by atoms with Crippen LogP contribution in [0.3, 0.4) is 0 Å². The molecule has 0 amide bonds. The molecule has 108 valence electrons. The molecule has 0 fully saturated rings. The Balaban J connectivity index is 2.29. The summed E-state index contributed by atoms with van der Waals surface area (Å²) in [6.45, 7) is 7.06. The van der Waals surface area contributed by atoms with Gasteiger partial charge in [0.2, 0.25) is 0 Å². The molecule has 0 aliphatic carbocycles. The summed E-state index contributed by atoms with van der Waals surface area (Å²) in [5.74, 6) is 0.899. The van der Waals surface area contributed by atoms with E-state index in [-0.39, 0.29) is 12.1 Å². The summed E-state index contributed by atoms with van der Waals surface area (Å²) in [6, 6.07) is 10.4. The van der Waals surface area contributed by atoms with Crippen molar-refractivity contribution in [3.8, 4) is 5.75 Å². The van der Waals surface area contributed by atoms with Gasteiger partial charge in [0.25, 0.3) is 0 Å². The SMILES string of the molecule is CCNC(c1cccc(OC(C)C)c1)c1ccn(C)n1. The van der Waals surface area contributed by atoms with Crippen molar-refractivity contribution in [1.82, 2.24) is 15.1 Å². The molecule has 0 radical (unpaired) electrons. The summed E-state index contributed by atoms with van der Waals surface area (Å²) in [7, 11) is 1.94. The fourth-order valence-corrected chi connectivity index (χ4v) is 2.22. The van der Waals surface area contributed by atoms with Gasteiger partial charge in [-0.3, -0.25) is 4.68 Å². The number of rotatable bonds is 6. The minimum atomic E-state index is 0.0944. The summed E-state index contributed by atoms with van der Waals surface area (Å²) in [6.07, 6.45) is 2.14. The monoisotopic (exact) mass is 273 g/mol. The lowest BCUT2D eigenvalue weighted by atomic mass is 10.0. The lowest BCUT2D eigenvalue weighted by Gasteiger charge is -2.18. The largest absolute Gasteiger partial charge is 0.491 e. The zero-order chi connectivity index (χ0) is 14.5. The second-order valence-corrected chi connectivity index (χ2v) is 5.14. The Labute approximate surface area is 120 Å². The minimum absolute atomic E-state index is 0.0944. The summed E-state index contributed by atoms with van der Waals surface area (Å²) < 4.78 is 7.60. The number of nitrogens with zero attached hydrogens (tertiary/aromatic N) is 2. The van der Waals surface area contributed by atoms with E-state index in [9.17, 15) is 0 Å². The van der Waals surface area contributed by atoms with Crippen LogP contribution in [0.1, 0.15) is 38.1 Å². The third-order valence-electron chi connectivity index (χ3n) is 3.00. The molecule has 1 aromatic carbocycles. The molecule has 4 heteroatoms. The number of hydrogen-bond donors (Lipinski definition) is 1. The highest BCUT2D eigenvalue weighted by Gasteiger charge is 2.16. The van der Waals surface area contributed by atoms with Gasteiger partial charge in [-0.2, -0.15) is 5.10 Å². The Kier molecular flexibility index (Phi) is 4.79. The predicted molar refractivity (Wildman–Crippen MR) is 80.9 cm³/mol. The average molecular weight is 273 g/mol. The topological polar surface area (TPSA) is 39.1 Å². The van der Waals surface area contributed by atoms with Crippen LogP contribution in [0.4, 0.5) is 0 Å². The van der Waals surface area contributed by atoms with E-state index in [0.717, 1.165) is 18.0 Å². The predicted octanol–water partition coefficient (Wildman–Crippen LogP) is 2.91. The number of aromatic nitrogens is 2. The molecule has 0 bridgehead atoms. The summed E-state index contributed by atoms with van der Waals surface area (Å²) in [5, 5.41) is 7.99. The third kappa shape index (κ3) is 3.61. The molecular formula is C16H23N3O. The van der Waals surface area contributed by atoms with Gasteiger partial charge >= 0.3 is 0 Å². The van der Waals surface area contributed by atoms with E-state index < -0.39 is 0 Å². The lowest BCUT2D eigenvalue weighted by Crippen LogP contribution is -2.22. The number of benzene rings is 1. The molecule has 1 aromatic heterocycles. The van der Waals surface area contributed by atoms with Gasteiger partial charge in [0, 0.05) is 13.2 Å². The number of hydrogen-bond acceptors (Lipinski definition) is 3. The first kappa shape index (κ1) is 14.6. The van der Waals surface area contributed by atoms with E-state index in [4.69, 9.17) is 4.74 Å². The Morgan fingerprint density at radius 1 is 1.30 bits per heavy atom. The van der Waals surface area contributed by atoms with Crippen molar-refractivity contribution in [2.24, 2.45) is 7.05 Å². The Bertz CT molecular complexity index is 548. The lowest BCUT2D eigenvalue weighted by molar-refractivity contribution is 0.242. The van der Waals surface area contributed by atoms with E-state index in [1.54, 1.807) is 0 Å². The fourth-order valence-electron chi connectivity index (χ4n) is 2.22. The maximum Gasteiger partial charge on any atom is 0.120 e. The normalized spacial score (nSPS) is 12.7. The van der Waals surface area contributed by atoms with E-state index in [2.05, 4.69) is 29.5 Å². The van der Waals surface area contributed by atoms with Gasteiger partial charge in [0.05, 0.1) is 17.8 Å². The molecule has 0 aliphatic rings. The van der Waals surface area contributed by atoms with Crippen LogP contribution in [-0.4, -0.2) is 22.4 Å². The van der Waals surface area contributed by atoms with Crippen molar-refractivity contribution in [3.05, 3.63) is 47.8 Å². The second-order valence-electron chi connectivity index (χ2n) is 5.14. The van der Waals surface area contributed by atoms with Gasteiger partial charge in [-0.1, -0.05) is 19.1 Å². The van der Waals surface area contributed by atoms with E-state index in [0.29, 0.717) is 0 Å². The molecule has 0 saturated heterocycles. The highest BCUT2D eigenvalue weighted by atomic mass is 16.5. The van der Waals surface area contributed by atoms with Crippen molar-refractivity contribution in [3.63, 3.8) is 0 Å². The number of aryl methyl sites for hydroxylation is 1. The molecule has 0 saturated carbocycles. The quantitative estimate of drug-likeness (QED) is 0.879. The van der Waals surface area contributed by atoms with Crippen LogP contribution in [-0.2, 0) is 7.05 Å². The first-order valence-corrected chi connectivity index (χ1v) is 7.09. The zero-order valence-corrected chi connectivity index (χ0v) is 12.6. The van der Waals surface area contributed by atoms with Crippen LogP contribution in [0.5, 0.6) is 5.75 Å². The van der Waals surface area contributed by atoms with Gasteiger partial charge in [-0.15, -0.1) is 0 Å². The van der Waals surface area contributed by atoms with Crippen LogP contribution in [0.15, 0.2) is 36.5 Å². The smallest absolute Gasteiger partial charge is 0.120 e. The maximum absolute atomic E-state index is 5.77. The van der Waals surface area contributed by atoms with Gasteiger partial charge in [-0.05, 0) is 44.2 Å². The van der Waals surface area contributed by atoms with Crippen LogP contribution < -0.4 is 10.1 Å². The standard InChI is InChI=1S/C16H23N3O/c1-5-17-16(15-9-10-19(4)18-15)13-7-6-8-14(11-13)20-12(2)3/h6-12,16-17H,5H2,1-4H3. The summed E-state index contributed by atoms with van der Waals surface area (Å²) in [5.41, 5.74) is 2.19. The van der Waals surface area contributed by atoms with E-state index in [1.807, 2.05) is 50.0 Å². The molecule has 1 N–H and O–H groups in total. The number of nitrogens with one attached hydrogen (secondary N) is 1. The Morgan fingerprint density at radius 3 is 2.70 bits per heavy atom. The summed E-state index contributed by atoms with van der Waals surface area (Å²) >= 11 is 0. The van der Waals surface area contributed by atoms with Gasteiger partial charge in [-0.25, -0.2) is 0 Å². The van der Waals surface area contributed by atoms with Crippen LogP contribution in [0, 0.1) is 0 Å². The molecular weight excluding hydrogens is 250 g/mol. The van der Waals surface area contributed by atoms with Crippen molar-refractivity contribution in [2.75, 3.05) is 6.54 Å². The molecule has 0 aliphatic heterocycles. The third-order valence-corrected chi connectivity index (χ3v) is 3.00. The van der Waals surface area contributed by atoms with Crippen LogP contribution in [0.2, 0.25) is 0 Å². The molecule has 0 spiro atoms. The van der Waals surface area contributed by atoms with E-state index >= 15 is 0 Å². The first-order chi connectivity index (χ1) is 9.60. The van der Waals surface area contributed by atoms with Crippen molar-refractivity contribution < 1.29 is 4.74 Å².